The van der Waals surface area contributed by atoms with Gasteiger partial charge >= 0.3 is 0 Å². The number of hydrogen-bond donors (Lipinski definition) is 0. The van der Waals surface area contributed by atoms with Crippen LogP contribution in [0.25, 0.3) is 10.9 Å². The first-order chi connectivity index (χ1) is 13.1. The smallest absolute Gasteiger partial charge is 0.195 e. The highest BCUT2D eigenvalue weighted by atomic mass is 16.5. The van der Waals surface area contributed by atoms with Crippen molar-refractivity contribution in [3.05, 3.63) is 65.9 Å². The Morgan fingerprint density at radius 2 is 1.89 bits per heavy atom. The SMILES string of the molecule is COc1ccc(C(=O)c2cn(C(C)C3CCCN3C)c3ccccc23)cc1. The monoisotopic (exact) mass is 362 g/mol. The minimum atomic E-state index is 0.0552. The van der Waals surface area contributed by atoms with E-state index in [2.05, 4.69) is 29.5 Å². The zero-order valence-electron chi connectivity index (χ0n) is 16.2. The van der Waals surface area contributed by atoms with Gasteiger partial charge in [-0.05, 0) is 63.7 Å². The molecule has 0 N–H and O–H groups in total. The Balaban J connectivity index is 1.76. The molecule has 4 nitrogen and oxygen atoms in total. The molecule has 2 heterocycles. The van der Waals surface area contributed by atoms with Gasteiger partial charge in [-0.3, -0.25) is 4.79 Å². The van der Waals surface area contributed by atoms with E-state index in [0.29, 0.717) is 17.6 Å². The minimum absolute atomic E-state index is 0.0552. The lowest BCUT2D eigenvalue weighted by Gasteiger charge is -2.28. The number of benzene rings is 2. The first-order valence-corrected chi connectivity index (χ1v) is 9.58. The summed E-state index contributed by atoms with van der Waals surface area (Å²) >= 11 is 0. The van der Waals surface area contributed by atoms with Crippen LogP contribution in [0.15, 0.2) is 54.7 Å². The molecule has 1 aliphatic rings. The van der Waals surface area contributed by atoms with Gasteiger partial charge in [0.25, 0.3) is 0 Å². The maximum Gasteiger partial charge on any atom is 0.195 e. The molecule has 0 radical (unpaired) electrons. The zero-order valence-corrected chi connectivity index (χ0v) is 16.2. The summed E-state index contributed by atoms with van der Waals surface area (Å²) in [6.07, 6.45) is 4.49. The summed E-state index contributed by atoms with van der Waals surface area (Å²) in [5, 5.41) is 1.02. The van der Waals surface area contributed by atoms with Crippen LogP contribution in [0, 0.1) is 0 Å². The number of likely N-dealkylation sites (N-methyl/N-ethyl adjacent to an activating group) is 1. The number of ether oxygens (including phenoxy) is 1. The van der Waals surface area contributed by atoms with E-state index in [-0.39, 0.29) is 5.78 Å². The molecule has 0 saturated carbocycles. The average molecular weight is 362 g/mol. The molecule has 0 aliphatic carbocycles. The number of fused-ring (bicyclic) bond motifs is 1. The van der Waals surface area contributed by atoms with E-state index in [4.69, 9.17) is 4.74 Å². The van der Waals surface area contributed by atoms with Crippen molar-refractivity contribution in [2.45, 2.75) is 31.8 Å². The largest absolute Gasteiger partial charge is 0.497 e. The minimum Gasteiger partial charge on any atom is -0.497 e. The quantitative estimate of drug-likeness (QED) is 0.625. The predicted molar refractivity (Wildman–Crippen MR) is 109 cm³/mol. The van der Waals surface area contributed by atoms with E-state index in [0.717, 1.165) is 28.8 Å². The Labute approximate surface area is 160 Å². The van der Waals surface area contributed by atoms with Crippen LogP contribution >= 0.6 is 0 Å². The average Bonchev–Trinajstić information content (AvgIpc) is 3.31. The summed E-state index contributed by atoms with van der Waals surface area (Å²) in [5.41, 5.74) is 2.58. The molecule has 2 unspecified atom stereocenters. The van der Waals surface area contributed by atoms with Crippen molar-refractivity contribution in [1.29, 1.82) is 0 Å². The fraction of sp³-hybridized carbons (Fsp3) is 0.348. The normalized spacial score (nSPS) is 18.7. The van der Waals surface area contributed by atoms with Crippen molar-refractivity contribution in [2.24, 2.45) is 0 Å². The number of para-hydroxylation sites is 1. The van der Waals surface area contributed by atoms with Crippen LogP contribution < -0.4 is 4.74 Å². The molecule has 1 aliphatic heterocycles. The molecule has 1 aromatic heterocycles. The number of methoxy groups -OCH3 is 1. The molecule has 2 atom stereocenters. The highest BCUT2D eigenvalue weighted by Gasteiger charge is 2.29. The number of ketones is 1. The van der Waals surface area contributed by atoms with Gasteiger partial charge in [-0.2, -0.15) is 0 Å². The van der Waals surface area contributed by atoms with E-state index >= 15 is 0 Å². The maximum absolute atomic E-state index is 13.2. The number of nitrogens with zero attached hydrogens (tertiary/aromatic N) is 2. The second kappa shape index (κ2) is 7.20. The summed E-state index contributed by atoms with van der Waals surface area (Å²) in [7, 11) is 3.83. The fourth-order valence-electron chi connectivity index (χ4n) is 4.35. The molecule has 140 valence electrons. The second-order valence-electron chi connectivity index (χ2n) is 7.46. The Morgan fingerprint density at radius 3 is 2.56 bits per heavy atom. The molecule has 3 aromatic rings. The van der Waals surface area contributed by atoms with Crippen LogP contribution in [0.3, 0.4) is 0 Å². The molecular weight excluding hydrogens is 336 g/mol. The van der Waals surface area contributed by atoms with Crippen LogP contribution in [0.4, 0.5) is 0 Å². The topological polar surface area (TPSA) is 34.5 Å². The molecule has 27 heavy (non-hydrogen) atoms. The van der Waals surface area contributed by atoms with E-state index in [1.54, 1.807) is 7.11 Å². The van der Waals surface area contributed by atoms with Crippen molar-refractivity contribution in [1.82, 2.24) is 9.47 Å². The summed E-state index contributed by atoms with van der Waals surface area (Å²) in [6, 6.07) is 16.4. The summed E-state index contributed by atoms with van der Waals surface area (Å²) in [5.74, 6) is 0.812. The Bertz CT molecular complexity index is 958. The van der Waals surface area contributed by atoms with Crippen molar-refractivity contribution >= 4 is 16.7 Å². The Hall–Kier alpha value is -2.59. The molecule has 0 spiro atoms. The van der Waals surface area contributed by atoms with Crippen LogP contribution in [-0.4, -0.2) is 42.0 Å². The molecule has 1 fully saturated rings. The van der Waals surface area contributed by atoms with Crippen molar-refractivity contribution in [3.8, 4) is 5.75 Å². The number of hydrogen-bond acceptors (Lipinski definition) is 3. The molecule has 0 amide bonds. The van der Waals surface area contributed by atoms with Crippen LogP contribution in [-0.2, 0) is 0 Å². The van der Waals surface area contributed by atoms with Gasteiger partial charge in [0.05, 0.1) is 7.11 Å². The van der Waals surface area contributed by atoms with Crippen LogP contribution in [0.5, 0.6) is 5.75 Å². The highest BCUT2D eigenvalue weighted by molar-refractivity contribution is 6.16. The van der Waals surface area contributed by atoms with Gasteiger partial charge in [-0.1, -0.05) is 18.2 Å². The van der Waals surface area contributed by atoms with Gasteiger partial charge in [-0.15, -0.1) is 0 Å². The zero-order chi connectivity index (χ0) is 19.0. The lowest BCUT2D eigenvalue weighted by Crippen LogP contribution is -2.32. The van der Waals surface area contributed by atoms with E-state index in [1.807, 2.05) is 48.7 Å². The summed E-state index contributed by atoms with van der Waals surface area (Å²) < 4.78 is 7.50. The summed E-state index contributed by atoms with van der Waals surface area (Å²) in [6.45, 7) is 3.41. The molecular formula is C23H26N2O2. The third kappa shape index (κ3) is 3.15. The van der Waals surface area contributed by atoms with E-state index < -0.39 is 0 Å². The van der Waals surface area contributed by atoms with E-state index in [1.165, 1.54) is 12.8 Å². The number of likely N-dealkylation sites (tertiary alicyclic amines) is 1. The van der Waals surface area contributed by atoms with Gasteiger partial charge in [-0.25, -0.2) is 0 Å². The number of aromatic nitrogens is 1. The van der Waals surface area contributed by atoms with Crippen molar-refractivity contribution in [3.63, 3.8) is 0 Å². The molecule has 2 aromatic carbocycles. The number of rotatable bonds is 5. The Morgan fingerprint density at radius 1 is 1.15 bits per heavy atom. The molecule has 4 heteroatoms. The fourth-order valence-corrected chi connectivity index (χ4v) is 4.35. The van der Waals surface area contributed by atoms with Crippen LogP contribution in [0.2, 0.25) is 0 Å². The standard InChI is InChI=1S/C23H26N2O2/c1-16(21-9-6-14-24(21)2)25-15-20(19-7-4-5-8-22(19)25)23(26)17-10-12-18(27-3)13-11-17/h4-5,7-8,10-13,15-16,21H,6,9,14H2,1-3H3. The van der Waals surface area contributed by atoms with E-state index in [9.17, 15) is 4.79 Å². The summed E-state index contributed by atoms with van der Waals surface area (Å²) in [4.78, 5) is 15.7. The molecule has 1 saturated heterocycles. The van der Waals surface area contributed by atoms with Gasteiger partial charge in [0, 0.05) is 40.3 Å². The van der Waals surface area contributed by atoms with Crippen molar-refractivity contribution in [2.75, 3.05) is 20.7 Å². The first-order valence-electron chi connectivity index (χ1n) is 9.58. The van der Waals surface area contributed by atoms with Gasteiger partial charge < -0.3 is 14.2 Å². The number of carbonyl (C=O) groups excluding carboxylic acids is 1. The third-order valence-electron chi connectivity index (χ3n) is 5.91. The molecule has 0 bridgehead atoms. The van der Waals surface area contributed by atoms with Gasteiger partial charge in [0.1, 0.15) is 5.75 Å². The van der Waals surface area contributed by atoms with Crippen LogP contribution in [0.1, 0.15) is 41.7 Å². The van der Waals surface area contributed by atoms with Gasteiger partial charge in [0.2, 0.25) is 0 Å². The van der Waals surface area contributed by atoms with Crippen molar-refractivity contribution < 1.29 is 9.53 Å². The predicted octanol–water partition coefficient (Wildman–Crippen LogP) is 4.54. The van der Waals surface area contributed by atoms with Gasteiger partial charge in [0.15, 0.2) is 5.78 Å². The lowest BCUT2D eigenvalue weighted by atomic mass is 10.0. The number of carbonyl (C=O) groups is 1. The molecule has 4 rings (SSSR count). The third-order valence-corrected chi connectivity index (χ3v) is 5.91. The first kappa shape index (κ1) is 17.8. The highest BCUT2D eigenvalue weighted by Crippen LogP contribution is 2.32. The second-order valence-corrected chi connectivity index (χ2v) is 7.46. The Kier molecular flexibility index (Phi) is 4.75. The maximum atomic E-state index is 13.2. The lowest BCUT2D eigenvalue weighted by molar-refractivity contribution is 0.104.